The molecule has 0 aliphatic carbocycles. The Balaban J connectivity index is 1.60. The van der Waals surface area contributed by atoms with Crippen LogP contribution in [-0.4, -0.2) is 25.7 Å². The van der Waals surface area contributed by atoms with Gasteiger partial charge in [0.2, 0.25) is 0 Å². The second kappa shape index (κ2) is 7.23. The van der Waals surface area contributed by atoms with Crippen LogP contribution in [0.3, 0.4) is 0 Å². The number of carbonyl (C=O) groups is 1. The molecule has 140 valence electrons. The van der Waals surface area contributed by atoms with Crippen LogP contribution in [0.15, 0.2) is 54.6 Å². The number of rotatable bonds is 4. The standard InChI is InChI=1S/C22H21N5O/c1-14-11-21(27(26-14)13-17-7-5-4-6-8-17)25-22(28)18-9-10-19-20(12-18)24-16(3)15(2)23-19/h4-12H,13H2,1-3H3,(H,25,28). The summed E-state index contributed by atoms with van der Waals surface area (Å²) in [6.07, 6.45) is 0. The number of hydrogen-bond acceptors (Lipinski definition) is 4. The van der Waals surface area contributed by atoms with E-state index in [0.717, 1.165) is 28.2 Å². The summed E-state index contributed by atoms with van der Waals surface area (Å²) < 4.78 is 1.80. The highest BCUT2D eigenvalue weighted by atomic mass is 16.1. The summed E-state index contributed by atoms with van der Waals surface area (Å²) in [6.45, 7) is 6.35. The predicted octanol–water partition coefficient (Wildman–Crippen LogP) is 4.05. The van der Waals surface area contributed by atoms with E-state index in [9.17, 15) is 4.79 Å². The molecule has 6 nitrogen and oxygen atoms in total. The number of amides is 1. The first kappa shape index (κ1) is 17.9. The quantitative estimate of drug-likeness (QED) is 0.587. The molecule has 1 N–H and O–H groups in total. The third-order valence-electron chi connectivity index (χ3n) is 4.66. The van der Waals surface area contributed by atoms with Gasteiger partial charge in [-0.15, -0.1) is 0 Å². The van der Waals surface area contributed by atoms with Crippen molar-refractivity contribution in [3.05, 3.63) is 82.8 Å². The van der Waals surface area contributed by atoms with Gasteiger partial charge in [0.1, 0.15) is 5.82 Å². The molecule has 6 heteroatoms. The van der Waals surface area contributed by atoms with Crippen molar-refractivity contribution < 1.29 is 4.79 Å². The zero-order valence-electron chi connectivity index (χ0n) is 16.1. The van der Waals surface area contributed by atoms with Crippen LogP contribution < -0.4 is 5.32 Å². The number of anilines is 1. The van der Waals surface area contributed by atoms with Crippen LogP contribution in [0, 0.1) is 20.8 Å². The van der Waals surface area contributed by atoms with Gasteiger partial charge in [-0.3, -0.25) is 4.79 Å². The fourth-order valence-electron chi connectivity index (χ4n) is 3.08. The smallest absolute Gasteiger partial charge is 0.256 e. The largest absolute Gasteiger partial charge is 0.307 e. The van der Waals surface area contributed by atoms with E-state index in [1.54, 1.807) is 16.8 Å². The molecule has 0 saturated heterocycles. The van der Waals surface area contributed by atoms with Crippen LogP contribution in [0.25, 0.3) is 11.0 Å². The summed E-state index contributed by atoms with van der Waals surface area (Å²) in [5, 5.41) is 7.48. The minimum absolute atomic E-state index is 0.198. The van der Waals surface area contributed by atoms with E-state index in [1.165, 1.54) is 0 Å². The summed E-state index contributed by atoms with van der Waals surface area (Å²) in [5.74, 6) is 0.466. The first-order chi connectivity index (χ1) is 13.5. The molecule has 0 spiro atoms. The van der Waals surface area contributed by atoms with Gasteiger partial charge in [-0.25, -0.2) is 14.6 Å². The number of nitrogens with one attached hydrogen (secondary N) is 1. The average Bonchev–Trinajstić information content (AvgIpc) is 3.01. The Labute approximate surface area is 163 Å². The summed E-state index contributed by atoms with van der Waals surface area (Å²) in [5.41, 5.74) is 5.76. The fraction of sp³-hybridized carbons (Fsp3) is 0.182. The highest BCUT2D eigenvalue weighted by molar-refractivity contribution is 6.05. The number of benzene rings is 2. The lowest BCUT2D eigenvalue weighted by atomic mass is 10.1. The predicted molar refractivity (Wildman–Crippen MR) is 109 cm³/mol. The molecule has 0 aliphatic heterocycles. The summed E-state index contributed by atoms with van der Waals surface area (Å²) in [7, 11) is 0. The third-order valence-corrected chi connectivity index (χ3v) is 4.66. The molecule has 0 radical (unpaired) electrons. The molecule has 0 aliphatic rings. The first-order valence-electron chi connectivity index (χ1n) is 9.14. The van der Waals surface area contributed by atoms with Crippen molar-refractivity contribution in [2.24, 2.45) is 0 Å². The van der Waals surface area contributed by atoms with Crippen molar-refractivity contribution in [3.63, 3.8) is 0 Å². The molecule has 4 rings (SSSR count). The molecule has 0 saturated carbocycles. The van der Waals surface area contributed by atoms with Crippen molar-refractivity contribution in [3.8, 4) is 0 Å². The molecule has 0 bridgehead atoms. The number of carbonyl (C=O) groups excluding carboxylic acids is 1. The van der Waals surface area contributed by atoms with E-state index in [2.05, 4.69) is 20.4 Å². The van der Waals surface area contributed by atoms with E-state index in [0.29, 0.717) is 23.4 Å². The molecule has 1 amide bonds. The molecule has 0 unspecified atom stereocenters. The van der Waals surface area contributed by atoms with Crippen molar-refractivity contribution in [1.29, 1.82) is 0 Å². The van der Waals surface area contributed by atoms with Crippen molar-refractivity contribution in [2.75, 3.05) is 5.32 Å². The first-order valence-corrected chi connectivity index (χ1v) is 9.14. The maximum Gasteiger partial charge on any atom is 0.256 e. The monoisotopic (exact) mass is 371 g/mol. The van der Waals surface area contributed by atoms with E-state index in [-0.39, 0.29) is 5.91 Å². The van der Waals surface area contributed by atoms with Gasteiger partial charge in [0.15, 0.2) is 0 Å². The second-order valence-electron chi connectivity index (χ2n) is 6.87. The summed E-state index contributed by atoms with van der Waals surface area (Å²) in [4.78, 5) is 21.9. The number of nitrogens with zero attached hydrogens (tertiary/aromatic N) is 4. The third kappa shape index (κ3) is 3.62. The molecule has 2 aromatic carbocycles. The Hall–Kier alpha value is -3.54. The second-order valence-corrected chi connectivity index (χ2v) is 6.87. The van der Waals surface area contributed by atoms with Crippen LogP contribution >= 0.6 is 0 Å². The normalized spacial score (nSPS) is 11.0. The fourth-order valence-corrected chi connectivity index (χ4v) is 3.08. The Morgan fingerprint density at radius 1 is 0.929 bits per heavy atom. The van der Waals surface area contributed by atoms with Crippen LogP contribution in [0.5, 0.6) is 0 Å². The summed E-state index contributed by atoms with van der Waals surface area (Å²) in [6, 6.07) is 17.3. The van der Waals surface area contributed by atoms with Gasteiger partial charge in [0, 0.05) is 11.6 Å². The molecule has 28 heavy (non-hydrogen) atoms. The van der Waals surface area contributed by atoms with E-state index < -0.39 is 0 Å². The SMILES string of the molecule is Cc1cc(NC(=O)c2ccc3nc(C)c(C)nc3c2)n(Cc2ccccc2)n1. The molecular formula is C22H21N5O. The van der Waals surface area contributed by atoms with Gasteiger partial charge in [-0.1, -0.05) is 30.3 Å². The van der Waals surface area contributed by atoms with Crippen LogP contribution in [0.4, 0.5) is 5.82 Å². The molecule has 4 aromatic rings. The minimum atomic E-state index is -0.198. The van der Waals surface area contributed by atoms with Gasteiger partial charge >= 0.3 is 0 Å². The molecule has 2 heterocycles. The lowest BCUT2D eigenvalue weighted by Gasteiger charge is -2.10. The number of aromatic nitrogens is 4. The van der Waals surface area contributed by atoms with E-state index in [1.807, 2.05) is 63.2 Å². The van der Waals surface area contributed by atoms with Gasteiger partial charge in [-0.2, -0.15) is 5.10 Å². The summed E-state index contributed by atoms with van der Waals surface area (Å²) >= 11 is 0. The van der Waals surface area contributed by atoms with E-state index in [4.69, 9.17) is 0 Å². The minimum Gasteiger partial charge on any atom is -0.307 e. The maximum atomic E-state index is 12.8. The lowest BCUT2D eigenvalue weighted by molar-refractivity contribution is 0.102. The van der Waals surface area contributed by atoms with Crippen LogP contribution in [0.2, 0.25) is 0 Å². The van der Waals surface area contributed by atoms with Gasteiger partial charge in [0.25, 0.3) is 5.91 Å². The molecule has 0 atom stereocenters. The van der Waals surface area contributed by atoms with Gasteiger partial charge in [-0.05, 0) is 44.5 Å². The van der Waals surface area contributed by atoms with Crippen LogP contribution in [0.1, 0.15) is 33.0 Å². The molecular weight excluding hydrogens is 350 g/mol. The zero-order chi connectivity index (χ0) is 19.7. The highest BCUT2D eigenvalue weighted by Gasteiger charge is 2.13. The Morgan fingerprint density at radius 3 is 2.39 bits per heavy atom. The Bertz CT molecular complexity index is 1160. The number of hydrogen-bond donors (Lipinski definition) is 1. The highest BCUT2D eigenvalue weighted by Crippen LogP contribution is 2.18. The number of aryl methyl sites for hydroxylation is 3. The lowest BCUT2D eigenvalue weighted by Crippen LogP contribution is -2.16. The number of fused-ring (bicyclic) bond motifs is 1. The Morgan fingerprint density at radius 2 is 1.64 bits per heavy atom. The maximum absolute atomic E-state index is 12.8. The molecule has 0 fully saturated rings. The van der Waals surface area contributed by atoms with Gasteiger partial charge < -0.3 is 5.32 Å². The molecule has 2 aromatic heterocycles. The van der Waals surface area contributed by atoms with Crippen molar-refractivity contribution in [2.45, 2.75) is 27.3 Å². The van der Waals surface area contributed by atoms with E-state index >= 15 is 0 Å². The van der Waals surface area contributed by atoms with Crippen molar-refractivity contribution in [1.82, 2.24) is 19.7 Å². The zero-order valence-corrected chi connectivity index (χ0v) is 16.1. The van der Waals surface area contributed by atoms with Gasteiger partial charge in [0.05, 0.1) is 34.7 Å². The average molecular weight is 371 g/mol. The van der Waals surface area contributed by atoms with Crippen molar-refractivity contribution >= 4 is 22.8 Å². The van der Waals surface area contributed by atoms with Crippen LogP contribution in [-0.2, 0) is 6.54 Å². The Kier molecular flexibility index (Phi) is 4.61. The topological polar surface area (TPSA) is 72.7 Å².